The molecule has 3 heteroatoms. The van der Waals surface area contributed by atoms with Crippen molar-refractivity contribution in [1.82, 2.24) is 0 Å². The van der Waals surface area contributed by atoms with Gasteiger partial charge in [0.25, 0.3) is 0 Å². The van der Waals surface area contributed by atoms with Crippen molar-refractivity contribution in [1.29, 1.82) is 0 Å². The Balaban J connectivity index is 2.13. The Morgan fingerprint density at radius 2 is 1.77 bits per heavy atom. The molecule has 118 valence electrons. The molecule has 0 aromatic heterocycles. The van der Waals surface area contributed by atoms with Crippen LogP contribution in [0, 0.1) is 0 Å². The summed E-state index contributed by atoms with van der Waals surface area (Å²) in [6.07, 6.45) is 5.91. The van der Waals surface area contributed by atoms with Gasteiger partial charge in [-0.25, -0.2) is 4.79 Å². The van der Waals surface area contributed by atoms with Crippen molar-refractivity contribution in [2.24, 2.45) is 0 Å². The predicted molar refractivity (Wildman–Crippen MR) is 89.5 cm³/mol. The summed E-state index contributed by atoms with van der Waals surface area (Å²) in [6, 6.07) is 11.6. The molecule has 2 rings (SSSR count). The Bertz CT molecular complexity index is 619. The fourth-order valence-electron chi connectivity index (χ4n) is 2.57. The topological polar surface area (TPSA) is 35.5 Å². The monoisotopic (exact) mass is 300 g/mol. The first-order valence-electron chi connectivity index (χ1n) is 8.00. The van der Waals surface area contributed by atoms with Gasteiger partial charge >= 0.3 is 5.97 Å². The Morgan fingerprint density at radius 1 is 1.00 bits per heavy atom. The van der Waals surface area contributed by atoms with Crippen molar-refractivity contribution in [2.45, 2.75) is 39.0 Å². The van der Waals surface area contributed by atoms with Crippen molar-refractivity contribution in [3.63, 3.8) is 0 Å². The van der Waals surface area contributed by atoms with Crippen molar-refractivity contribution in [3.8, 4) is 5.75 Å². The van der Waals surface area contributed by atoms with Gasteiger partial charge < -0.3 is 9.47 Å². The predicted octanol–water partition coefficient (Wildman–Crippen LogP) is 4.98. The molecule has 2 aromatic carbocycles. The molecule has 2 aromatic rings. The van der Waals surface area contributed by atoms with E-state index in [0.29, 0.717) is 17.9 Å². The number of hydrogen-bond acceptors (Lipinski definition) is 3. The first kappa shape index (κ1) is 16.3. The molecule has 0 aliphatic carbocycles. The van der Waals surface area contributed by atoms with Crippen molar-refractivity contribution >= 4 is 16.7 Å². The van der Waals surface area contributed by atoms with Crippen LogP contribution in [0.3, 0.4) is 0 Å². The van der Waals surface area contributed by atoms with E-state index in [9.17, 15) is 4.79 Å². The lowest BCUT2D eigenvalue weighted by Gasteiger charge is -2.13. The minimum absolute atomic E-state index is 0.349. The number of esters is 1. The van der Waals surface area contributed by atoms with Crippen LogP contribution in [0.25, 0.3) is 10.8 Å². The van der Waals surface area contributed by atoms with E-state index >= 15 is 0 Å². The Labute approximate surface area is 132 Å². The molecule has 0 aliphatic rings. The molecule has 22 heavy (non-hydrogen) atoms. The molecule has 0 fully saturated rings. The van der Waals surface area contributed by atoms with E-state index in [-0.39, 0.29) is 5.97 Å². The molecule has 3 nitrogen and oxygen atoms in total. The molecule has 0 unspecified atom stereocenters. The van der Waals surface area contributed by atoms with Crippen molar-refractivity contribution in [2.75, 3.05) is 13.7 Å². The molecule has 0 heterocycles. The molecule has 0 aliphatic heterocycles. The maximum Gasteiger partial charge on any atom is 0.342 e. The maximum absolute atomic E-state index is 12.1. The first-order valence-corrected chi connectivity index (χ1v) is 8.00. The van der Waals surface area contributed by atoms with E-state index in [0.717, 1.165) is 23.6 Å². The van der Waals surface area contributed by atoms with Crippen LogP contribution in [0.5, 0.6) is 5.75 Å². The summed E-state index contributed by atoms with van der Waals surface area (Å²) in [4.78, 5) is 12.1. The zero-order valence-corrected chi connectivity index (χ0v) is 13.4. The van der Waals surface area contributed by atoms with Crippen LogP contribution in [0.2, 0.25) is 0 Å². The van der Waals surface area contributed by atoms with Gasteiger partial charge in [0.1, 0.15) is 11.3 Å². The number of ether oxygens (including phenoxy) is 2. The first-order chi connectivity index (χ1) is 10.8. The van der Waals surface area contributed by atoms with E-state index in [1.165, 1.54) is 26.4 Å². The smallest absolute Gasteiger partial charge is 0.342 e. The minimum atomic E-state index is -0.349. The average Bonchev–Trinajstić information content (AvgIpc) is 2.56. The number of unbranched alkanes of at least 4 members (excludes halogenated alkanes) is 4. The summed E-state index contributed by atoms with van der Waals surface area (Å²) in [7, 11) is 1.40. The maximum atomic E-state index is 12.1. The molecule has 0 radical (unpaired) electrons. The summed E-state index contributed by atoms with van der Waals surface area (Å²) in [5.41, 5.74) is 0.522. The molecule has 0 saturated carbocycles. The lowest BCUT2D eigenvalue weighted by Crippen LogP contribution is -2.07. The van der Waals surface area contributed by atoms with E-state index in [1.807, 2.05) is 36.4 Å². The van der Waals surface area contributed by atoms with Gasteiger partial charge in [-0.15, -0.1) is 0 Å². The second kappa shape index (κ2) is 8.42. The van der Waals surface area contributed by atoms with Crippen LogP contribution in [-0.4, -0.2) is 19.7 Å². The Kier molecular flexibility index (Phi) is 6.26. The fourth-order valence-corrected chi connectivity index (χ4v) is 2.57. The van der Waals surface area contributed by atoms with Crippen LogP contribution < -0.4 is 4.74 Å². The summed E-state index contributed by atoms with van der Waals surface area (Å²) < 4.78 is 10.8. The van der Waals surface area contributed by atoms with Crippen LogP contribution >= 0.6 is 0 Å². The summed E-state index contributed by atoms with van der Waals surface area (Å²) in [5, 5.41) is 1.89. The quantitative estimate of drug-likeness (QED) is 0.509. The van der Waals surface area contributed by atoms with Crippen LogP contribution in [0.4, 0.5) is 0 Å². The average molecular weight is 300 g/mol. The Hall–Kier alpha value is -2.03. The third kappa shape index (κ3) is 4.00. The fraction of sp³-hybridized carbons (Fsp3) is 0.421. The molecule has 0 bridgehead atoms. The van der Waals surface area contributed by atoms with Gasteiger partial charge in [0.2, 0.25) is 0 Å². The molecule has 0 spiro atoms. The number of benzene rings is 2. The summed E-state index contributed by atoms with van der Waals surface area (Å²) in [6.45, 7) is 2.83. The van der Waals surface area contributed by atoms with Crippen LogP contribution in [0.1, 0.15) is 49.4 Å². The molecule has 0 amide bonds. The standard InChI is InChI=1S/C19H24O3/c1-3-4-5-6-9-14-22-17-13-12-15-10-7-8-11-16(15)18(17)19(20)21-2/h7-8,10-13H,3-6,9,14H2,1-2H3. The highest BCUT2D eigenvalue weighted by Gasteiger charge is 2.17. The summed E-state index contributed by atoms with van der Waals surface area (Å²) >= 11 is 0. The van der Waals surface area contributed by atoms with Gasteiger partial charge in [0, 0.05) is 0 Å². The van der Waals surface area contributed by atoms with Gasteiger partial charge in [-0.1, -0.05) is 62.9 Å². The highest BCUT2D eigenvalue weighted by Crippen LogP contribution is 2.29. The number of methoxy groups -OCH3 is 1. The van der Waals surface area contributed by atoms with Crippen LogP contribution in [0.15, 0.2) is 36.4 Å². The second-order valence-electron chi connectivity index (χ2n) is 5.41. The molecular weight excluding hydrogens is 276 g/mol. The lowest BCUT2D eigenvalue weighted by molar-refractivity contribution is 0.0598. The van der Waals surface area contributed by atoms with Crippen molar-refractivity contribution in [3.05, 3.63) is 42.0 Å². The number of carbonyl (C=O) groups excluding carboxylic acids is 1. The molecular formula is C19H24O3. The molecule has 0 saturated heterocycles. The van der Waals surface area contributed by atoms with E-state index in [2.05, 4.69) is 6.92 Å². The lowest BCUT2D eigenvalue weighted by atomic mass is 10.0. The number of rotatable bonds is 8. The summed E-state index contributed by atoms with van der Waals surface area (Å²) in [5.74, 6) is 0.263. The van der Waals surface area contributed by atoms with Gasteiger partial charge in [0.15, 0.2) is 0 Å². The number of carbonyl (C=O) groups is 1. The number of fused-ring (bicyclic) bond motifs is 1. The third-order valence-electron chi connectivity index (χ3n) is 3.79. The highest BCUT2D eigenvalue weighted by molar-refractivity contribution is 6.07. The van der Waals surface area contributed by atoms with E-state index < -0.39 is 0 Å². The van der Waals surface area contributed by atoms with Crippen molar-refractivity contribution < 1.29 is 14.3 Å². The normalized spacial score (nSPS) is 10.6. The van der Waals surface area contributed by atoms with Gasteiger partial charge in [-0.05, 0) is 23.3 Å². The SMILES string of the molecule is CCCCCCCOc1ccc2ccccc2c1C(=O)OC. The van der Waals surface area contributed by atoms with E-state index in [4.69, 9.17) is 9.47 Å². The Morgan fingerprint density at radius 3 is 2.55 bits per heavy atom. The minimum Gasteiger partial charge on any atom is -0.493 e. The largest absolute Gasteiger partial charge is 0.493 e. The number of hydrogen-bond donors (Lipinski definition) is 0. The zero-order chi connectivity index (χ0) is 15.8. The van der Waals surface area contributed by atoms with Gasteiger partial charge in [-0.3, -0.25) is 0 Å². The third-order valence-corrected chi connectivity index (χ3v) is 3.79. The molecule has 0 N–H and O–H groups in total. The van der Waals surface area contributed by atoms with Gasteiger partial charge in [0.05, 0.1) is 13.7 Å². The van der Waals surface area contributed by atoms with Gasteiger partial charge in [-0.2, -0.15) is 0 Å². The molecule has 0 atom stereocenters. The second-order valence-corrected chi connectivity index (χ2v) is 5.41. The highest BCUT2D eigenvalue weighted by atomic mass is 16.5. The van der Waals surface area contributed by atoms with Crippen LogP contribution in [-0.2, 0) is 4.74 Å². The van der Waals surface area contributed by atoms with E-state index in [1.54, 1.807) is 0 Å². The zero-order valence-electron chi connectivity index (χ0n) is 13.4.